The Bertz CT molecular complexity index is 829. The van der Waals surface area contributed by atoms with Crippen molar-refractivity contribution < 1.29 is 18.7 Å². The quantitative estimate of drug-likeness (QED) is 0.792. The number of nitrogens with zero attached hydrogens (tertiary/aromatic N) is 2. The summed E-state index contributed by atoms with van der Waals surface area (Å²) in [5, 5.41) is 0.645. The van der Waals surface area contributed by atoms with E-state index in [1.165, 1.54) is 17.0 Å². The number of carbonyl (C=O) groups is 2. The van der Waals surface area contributed by atoms with Crippen LogP contribution in [0.2, 0.25) is 0 Å². The van der Waals surface area contributed by atoms with Crippen LogP contribution in [0.25, 0.3) is 10.9 Å². The van der Waals surface area contributed by atoms with Gasteiger partial charge in [-0.15, -0.1) is 0 Å². The number of amides is 1. The number of pyridine rings is 1. The third kappa shape index (κ3) is 3.78. The summed E-state index contributed by atoms with van der Waals surface area (Å²) in [6.07, 6.45) is 1.63. The van der Waals surface area contributed by atoms with Crippen LogP contribution in [0.4, 0.5) is 9.18 Å². The second-order valence-electron chi connectivity index (χ2n) is 7.27. The summed E-state index contributed by atoms with van der Waals surface area (Å²) >= 11 is 0. The van der Waals surface area contributed by atoms with Crippen molar-refractivity contribution in [1.29, 1.82) is 0 Å². The molecule has 1 saturated heterocycles. The molecule has 132 valence electrons. The van der Waals surface area contributed by atoms with Gasteiger partial charge in [0.1, 0.15) is 11.4 Å². The number of hydrogen-bond donors (Lipinski definition) is 0. The minimum absolute atomic E-state index is 0.00128. The Kier molecular flexibility index (Phi) is 4.45. The number of rotatable bonds is 1. The summed E-state index contributed by atoms with van der Waals surface area (Å²) in [6, 6.07) is 6.12. The molecule has 1 fully saturated rings. The first kappa shape index (κ1) is 17.3. The van der Waals surface area contributed by atoms with Crippen LogP contribution >= 0.6 is 0 Å². The third-order valence-electron chi connectivity index (χ3n) is 4.19. The minimum atomic E-state index is -0.601. The smallest absolute Gasteiger partial charge is 0.410 e. The maximum atomic E-state index is 13.6. The van der Waals surface area contributed by atoms with E-state index in [4.69, 9.17) is 4.74 Å². The van der Waals surface area contributed by atoms with Gasteiger partial charge < -0.3 is 9.64 Å². The molecule has 0 bridgehead atoms. The summed E-state index contributed by atoms with van der Waals surface area (Å²) in [5.74, 6) is -0.805. The molecule has 1 unspecified atom stereocenters. The highest BCUT2D eigenvalue weighted by Crippen LogP contribution is 2.31. The van der Waals surface area contributed by atoms with E-state index in [2.05, 4.69) is 4.98 Å². The van der Waals surface area contributed by atoms with E-state index in [1.54, 1.807) is 39.1 Å². The molecule has 1 aromatic carbocycles. The summed E-state index contributed by atoms with van der Waals surface area (Å²) < 4.78 is 19.0. The number of likely N-dealkylation sites (tertiary alicyclic amines) is 1. The topological polar surface area (TPSA) is 59.5 Å². The second-order valence-corrected chi connectivity index (χ2v) is 7.27. The van der Waals surface area contributed by atoms with Gasteiger partial charge >= 0.3 is 6.09 Å². The molecule has 0 saturated carbocycles. The van der Waals surface area contributed by atoms with Crippen LogP contribution in [0, 0.1) is 5.82 Å². The number of aromatic nitrogens is 1. The van der Waals surface area contributed by atoms with Crippen LogP contribution in [0.15, 0.2) is 30.5 Å². The van der Waals surface area contributed by atoms with E-state index >= 15 is 0 Å². The monoisotopic (exact) mass is 344 g/mol. The molecule has 1 amide bonds. The molecule has 0 spiro atoms. The number of ether oxygens (including phenoxy) is 1. The molecular weight excluding hydrogens is 323 g/mol. The zero-order valence-electron chi connectivity index (χ0n) is 14.6. The van der Waals surface area contributed by atoms with Crippen molar-refractivity contribution in [2.45, 2.75) is 38.7 Å². The number of piperidine rings is 1. The predicted molar refractivity (Wildman–Crippen MR) is 91.9 cm³/mol. The van der Waals surface area contributed by atoms with Crippen LogP contribution in [0.5, 0.6) is 0 Å². The van der Waals surface area contributed by atoms with Crippen molar-refractivity contribution in [3.05, 3.63) is 41.8 Å². The van der Waals surface area contributed by atoms with Gasteiger partial charge in [0.25, 0.3) is 0 Å². The first-order chi connectivity index (χ1) is 11.7. The van der Waals surface area contributed by atoms with E-state index in [9.17, 15) is 14.0 Å². The minimum Gasteiger partial charge on any atom is -0.444 e. The van der Waals surface area contributed by atoms with Crippen molar-refractivity contribution in [3.8, 4) is 0 Å². The second kappa shape index (κ2) is 6.43. The van der Waals surface area contributed by atoms with Crippen molar-refractivity contribution in [2.75, 3.05) is 13.1 Å². The van der Waals surface area contributed by atoms with E-state index in [1.807, 2.05) is 0 Å². The highest BCUT2D eigenvalue weighted by Gasteiger charge is 2.33. The van der Waals surface area contributed by atoms with Gasteiger partial charge in [0.05, 0.1) is 12.1 Å². The van der Waals surface area contributed by atoms with Crippen LogP contribution < -0.4 is 0 Å². The van der Waals surface area contributed by atoms with Crippen molar-refractivity contribution in [2.24, 2.45) is 0 Å². The Morgan fingerprint density at radius 1 is 1.32 bits per heavy atom. The summed E-state index contributed by atoms with van der Waals surface area (Å²) in [7, 11) is 0. The molecule has 0 radical (unpaired) electrons. The van der Waals surface area contributed by atoms with Gasteiger partial charge in [-0.3, -0.25) is 9.78 Å². The molecule has 0 N–H and O–H groups in total. The largest absolute Gasteiger partial charge is 0.444 e. The summed E-state index contributed by atoms with van der Waals surface area (Å²) in [6.45, 7) is 5.79. The van der Waals surface area contributed by atoms with Gasteiger partial charge in [-0.2, -0.15) is 0 Å². The fraction of sp³-hybridized carbons (Fsp3) is 0.421. The van der Waals surface area contributed by atoms with Crippen LogP contribution in [-0.2, 0) is 9.53 Å². The zero-order valence-corrected chi connectivity index (χ0v) is 14.6. The van der Waals surface area contributed by atoms with Gasteiger partial charge in [-0.1, -0.05) is 0 Å². The number of halogens is 1. The van der Waals surface area contributed by atoms with Crippen molar-refractivity contribution in [3.63, 3.8) is 0 Å². The first-order valence-corrected chi connectivity index (χ1v) is 8.29. The molecule has 2 heterocycles. The average Bonchev–Trinajstić information content (AvgIpc) is 2.53. The van der Waals surface area contributed by atoms with Gasteiger partial charge in [-0.25, -0.2) is 9.18 Å². The van der Waals surface area contributed by atoms with Crippen LogP contribution in [0.1, 0.15) is 38.7 Å². The normalized spacial score (nSPS) is 18.5. The van der Waals surface area contributed by atoms with E-state index in [0.717, 1.165) is 5.56 Å². The number of benzene rings is 1. The molecule has 1 aromatic heterocycles. The lowest BCUT2D eigenvalue weighted by Gasteiger charge is -2.33. The standard InChI is InChI=1S/C19H21FN2O3/c1-19(2,3)25-18(24)22-9-7-14(17(23)11-22)13-6-8-21-16-5-4-12(20)10-15(13)16/h4-6,8,10,14H,7,9,11H2,1-3H3. The van der Waals surface area contributed by atoms with E-state index in [-0.39, 0.29) is 24.1 Å². The first-order valence-electron chi connectivity index (χ1n) is 8.29. The molecule has 1 aliphatic heterocycles. The Hall–Kier alpha value is -2.50. The van der Waals surface area contributed by atoms with Gasteiger partial charge in [0.15, 0.2) is 5.78 Å². The predicted octanol–water partition coefficient (Wildman–Crippen LogP) is 3.67. The zero-order chi connectivity index (χ0) is 18.2. The number of ketones is 1. The highest BCUT2D eigenvalue weighted by atomic mass is 19.1. The number of carbonyl (C=O) groups excluding carboxylic acids is 2. The molecule has 1 atom stereocenters. The fourth-order valence-electron chi connectivity index (χ4n) is 3.08. The fourth-order valence-corrected chi connectivity index (χ4v) is 3.08. The molecule has 0 aliphatic carbocycles. The van der Waals surface area contributed by atoms with E-state index < -0.39 is 11.7 Å². The Labute approximate surface area is 145 Å². The third-order valence-corrected chi connectivity index (χ3v) is 4.19. The lowest BCUT2D eigenvalue weighted by atomic mass is 9.86. The summed E-state index contributed by atoms with van der Waals surface area (Å²) in [4.78, 5) is 30.4. The molecular formula is C19H21FN2O3. The summed E-state index contributed by atoms with van der Waals surface area (Å²) in [5.41, 5.74) is 0.815. The van der Waals surface area contributed by atoms with Gasteiger partial charge in [0.2, 0.25) is 0 Å². The number of hydrogen-bond acceptors (Lipinski definition) is 4. The van der Waals surface area contributed by atoms with Crippen molar-refractivity contribution in [1.82, 2.24) is 9.88 Å². The lowest BCUT2D eigenvalue weighted by molar-refractivity contribution is -0.123. The van der Waals surface area contributed by atoms with Crippen LogP contribution in [0.3, 0.4) is 0 Å². The number of Topliss-reactive ketones (excluding diaryl/α,β-unsaturated/α-hetero) is 1. The van der Waals surface area contributed by atoms with Gasteiger partial charge in [0, 0.05) is 24.0 Å². The number of fused-ring (bicyclic) bond motifs is 1. The Balaban J connectivity index is 1.82. The van der Waals surface area contributed by atoms with Gasteiger partial charge in [-0.05, 0) is 57.0 Å². The average molecular weight is 344 g/mol. The van der Waals surface area contributed by atoms with Crippen LogP contribution in [-0.4, -0.2) is 40.5 Å². The van der Waals surface area contributed by atoms with Crippen molar-refractivity contribution >= 4 is 22.8 Å². The Morgan fingerprint density at radius 3 is 2.76 bits per heavy atom. The molecule has 5 nitrogen and oxygen atoms in total. The molecule has 6 heteroatoms. The molecule has 25 heavy (non-hydrogen) atoms. The van der Waals surface area contributed by atoms with E-state index in [0.29, 0.717) is 23.9 Å². The Morgan fingerprint density at radius 2 is 2.08 bits per heavy atom. The maximum Gasteiger partial charge on any atom is 0.410 e. The molecule has 3 rings (SSSR count). The molecule has 2 aromatic rings. The SMILES string of the molecule is CC(C)(C)OC(=O)N1CCC(c2ccnc3ccc(F)cc23)C(=O)C1. The lowest BCUT2D eigenvalue weighted by Crippen LogP contribution is -2.45. The molecule has 1 aliphatic rings. The highest BCUT2D eigenvalue weighted by molar-refractivity contribution is 5.95. The maximum absolute atomic E-state index is 13.6.